The standard InChI is InChI=1S/C25H26N8O/c1-17-6-5-7-20(14-17)27-22(34)19-9-8-18(2)21(15-19)28-23-29-24(32-11-3-4-12-32)31-25(30-23)33-13-10-26-16-33/h5-10,13-16H,3-4,11-12H2,1-2H3,(H,27,34)(H,28,29,30,31). The predicted molar refractivity (Wildman–Crippen MR) is 132 cm³/mol. The number of anilines is 4. The van der Waals surface area contributed by atoms with Crippen LogP contribution in [-0.2, 0) is 0 Å². The third-order valence-electron chi connectivity index (χ3n) is 5.76. The predicted octanol–water partition coefficient (Wildman–Crippen LogP) is 4.27. The maximum absolute atomic E-state index is 12.9. The van der Waals surface area contributed by atoms with Crippen LogP contribution in [0.15, 0.2) is 61.2 Å². The summed E-state index contributed by atoms with van der Waals surface area (Å²) in [5.74, 6) is 1.36. The molecule has 1 saturated heterocycles. The van der Waals surface area contributed by atoms with Crippen molar-refractivity contribution < 1.29 is 4.79 Å². The van der Waals surface area contributed by atoms with E-state index in [1.165, 1.54) is 0 Å². The van der Waals surface area contributed by atoms with E-state index in [1.54, 1.807) is 23.3 Å². The molecule has 0 unspecified atom stereocenters. The Bertz CT molecular complexity index is 1310. The van der Waals surface area contributed by atoms with Gasteiger partial charge in [0.1, 0.15) is 6.33 Å². The van der Waals surface area contributed by atoms with Crippen LogP contribution in [0.2, 0.25) is 0 Å². The summed E-state index contributed by atoms with van der Waals surface area (Å²) >= 11 is 0. The van der Waals surface area contributed by atoms with Gasteiger partial charge in [-0.3, -0.25) is 9.36 Å². The first kappa shape index (κ1) is 21.6. The highest BCUT2D eigenvalue weighted by Gasteiger charge is 2.19. The molecule has 0 atom stereocenters. The van der Waals surface area contributed by atoms with Gasteiger partial charge in [0.05, 0.1) is 0 Å². The molecule has 0 saturated carbocycles. The van der Waals surface area contributed by atoms with Crippen molar-refractivity contribution in [1.82, 2.24) is 24.5 Å². The molecule has 1 aliphatic rings. The van der Waals surface area contributed by atoms with Gasteiger partial charge in [0, 0.05) is 42.4 Å². The molecule has 0 bridgehead atoms. The maximum atomic E-state index is 12.9. The van der Waals surface area contributed by atoms with E-state index >= 15 is 0 Å². The Morgan fingerprint density at radius 3 is 2.56 bits per heavy atom. The van der Waals surface area contributed by atoms with Crippen molar-refractivity contribution in [2.45, 2.75) is 26.7 Å². The lowest BCUT2D eigenvalue weighted by Crippen LogP contribution is -2.22. The SMILES string of the molecule is Cc1cccc(NC(=O)c2ccc(C)c(Nc3nc(N4CCCC4)nc(-n4ccnc4)n3)c2)c1. The number of hydrogen-bond acceptors (Lipinski definition) is 7. The molecule has 9 nitrogen and oxygen atoms in total. The molecule has 0 radical (unpaired) electrons. The lowest BCUT2D eigenvalue weighted by atomic mass is 10.1. The molecule has 3 heterocycles. The molecule has 0 aliphatic carbocycles. The van der Waals surface area contributed by atoms with Crippen molar-refractivity contribution in [1.29, 1.82) is 0 Å². The largest absolute Gasteiger partial charge is 0.341 e. The number of aromatic nitrogens is 5. The van der Waals surface area contributed by atoms with Crippen LogP contribution in [0.3, 0.4) is 0 Å². The number of carbonyl (C=O) groups excluding carboxylic acids is 1. The summed E-state index contributed by atoms with van der Waals surface area (Å²) in [6.07, 6.45) is 7.38. The van der Waals surface area contributed by atoms with Gasteiger partial charge in [0.25, 0.3) is 5.91 Å². The van der Waals surface area contributed by atoms with Crippen LogP contribution >= 0.6 is 0 Å². The molecule has 0 spiro atoms. The maximum Gasteiger partial charge on any atom is 0.255 e. The minimum absolute atomic E-state index is 0.179. The number of nitrogens with one attached hydrogen (secondary N) is 2. The fourth-order valence-corrected chi connectivity index (χ4v) is 3.91. The summed E-state index contributed by atoms with van der Waals surface area (Å²) in [6, 6.07) is 13.3. The van der Waals surface area contributed by atoms with Crippen LogP contribution < -0.4 is 15.5 Å². The third-order valence-corrected chi connectivity index (χ3v) is 5.76. The van der Waals surface area contributed by atoms with Gasteiger partial charge in [-0.15, -0.1) is 0 Å². The molecular weight excluding hydrogens is 428 g/mol. The van der Waals surface area contributed by atoms with Crippen LogP contribution in [0.25, 0.3) is 5.95 Å². The molecule has 172 valence electrons. The van der Waals surface area contributed by atoms with E-state index < -0.39 is 0 Å². The van der Waals surface area contributed by atoms with E-state index in [9.17, 15) is 4.79 Å². The van der Waals surface area contributed by atoms with Gasteiger partial charge in [-0.25, -0.2) is 4.98 Å². The second-order valence-corrected chi connectivity index (χ2v) is 8.40. The van der Waals surface area contributed by atoms with Crippen LogP contribution in [0.4, 0.5) is 23.3 Å². The van der Waals surface area contributed by atoms with Gasteiger partial charge in [0.15, 0.2) is 0 Å². The average molecular weight is 455 g/mol. The average Bonchev–Trinajstić information content (AvgIpc) is 3.55. The molecule has 1 fully saturated rings. The van der Waals surface area contributed by atoms with Crippen molar-refractivity contribution in [2.24, 2.45) is 0 Å². The van der Waals surface area contributed by atoms with Crippen LogP contribution in [0.5, 0.6) is 0 Å². The van der Waals surface area contributed by atoms with Gasteiger partial charge >= 0.3 is 0 Å². The zero-order valence-corrected chi connectivity index (χ0v) is 19.2. The minimum atomic E-state index is -0.179. The highest BCUT2D eigenvalue weighted by molar-refractivity contribution is 6.05. The Morgan fingerprint density at radius 1 is 0.971 bits per heavy atom. The van der Waals surface area contributed by atoms with E-state index in [0.717, 1.165) is 48.4 Å². The summed E-state index contributed by atoms with van der Waals surface area (Å²) in [7, 11) is 0. The lowest BCUT2D eigenvalue weighted by molar-refractivity contribution is 0.102. The summed E-state index contributed by atoms with van der Waals surface area (Å²) in [5.41, 5.74) is 4.11. The second-order valence-electron chi connectivity index (χ2n) is 8.40. The van der Waals surface area contributed by atoms with Gasteiger partial charge in [-0.2, -0.15) is 15.0 Å². The molecule has 4 aromatic rings. The normalized spacial score (nSPS) is 13.2. The Morgan fingerprint density at radius 2 is 1.79 bits per heavy atom. The summed E-state index contributed by atoms with van der Waals surface area (Å²) in [5, 5.41) is 6.26. The number of amides is 1. The van der Waals surface area contributed by atoms with E-state index in [0.29, 0.717) is 23.4 Å². The van der Waals surface area contributed by atoms with Crippen molar-refractivity contribution in [3.05, 3.63) is 77.9 Å². The molecule has 1 amide bonds. The van der Waals surface area contributed by atoms with Crippen LogP contribution in [0, 0.1) is 13.8 Å². The Kier molecular flexibility index (Phi) is 5.90. The summed E-state index contributed by atoms with van der Waals surface area (Å²) < 4.78 is 1.75. The number of rotatable bonds is 6. The highest BCUT2D eigenvalue weighted by Crippen LogP contribution is 2.24. The van der Waals surface area contributed by atoms with Gasteiger partial charge in [-0.05, 0) is 62.1 Å². The molecular formula is C25H26N8O. The molecule has 2 aromatic carbocycles. The van der Waals surface area contributed by atoms with Crippen molar-refractivity contribution in [2.75, 3.05) is 28.6 Å². The molecule has 1 aliphatic heterocycles. The number of hydrogen-bond donors (Lipinski definition) is 2. The topological polar surface area (TPSA) is 101 Å². The van der Waals surface area contributed by atoms with Crippen molar-refractivity contribution in [3.8, 4) is 5.95 Å². The van der Waals surface area contributed by atoms with Crippen LogP contribution in [-0.4, -0.2) is 43.5 Å². The number of carbonyl (C=O) groups is 1. The minimum Gasteiger partial charge on any atom is -0.341 e. The summed E-state index contributed by atoms with van der Waals surface area (Å²) in [4.78, 5) is 33.1. The van der Waals surface area contributed by atoms with Gasteiger partial charge in [0.2, 0.25) is 17.8 Å². The Balaban J connectivity index is 1.44. The monoisotopic (exact) mass is 454 g/mol. The van der Waals surface area contributed by atoms with E-state index in [1.807, 2.05) is 56.3 Å². The van der Waals surface area contributed by atoms with E-state index in [-0.39, 0.29) is 5.91 Å². The first-order valence-electron chi connectivity index (χ1n) is 11.3. The second kappa shape index (κ2) is 9.30. The zero-order valence-electron chi connectivity index (χ0n) is 19.2. The smallest absolute Gasteiger partial charge is 0.255 e. The zero-order chi connectivity index (χ0) is 23.5. The number of benzene rings is 2. The Hall–Kier alpha value is -4.27. The van der Waals surface area contributed by atoms with E-state index in [2.05, 4.69) is 35.5 Å². The number of nitrogens with zero attached hydrogens (tertiary/aromatic N) is 6. The third kappa shape index (κ3) is 4.73. The summed E-state index contributed by atoms with van der Waals surface area (Å²) in [6.45, 7) is 5.80. The molecule has 2 N–H and O–H groups in total. The first-order chi connectivity index (χ1) is 16.5. The van der Waals surface area contributed by atoms with Crippen LogP contribution in [0.1, 0.15) is 34.3 Å². The molecule has 9 heteroatoms. The van der Waals surface area contributed by atoms with Gasteiger partial charge in [-0.1, -0.05) is 18.2 Å². The first-order valence-corrected chi connectivity index (χ1v) is 11.3. The number of aryl methyl sites for hydroxylation is 2. The lowest BCUT2D eigenvalue weighted by Gasteiger charge is -2.17. The highest BCUT2D eigenvalue weighted by atomic mass is 16.1. The number of imidazole rings is 1. The molecule has 5 rings (SSSR count). The fourth-order valence-electron chi connectivity index (χ4n) is 3.91. The fraction of sp³-hybridized carbons (Fsp3) is 0.240. The quantitative estimate of drug-likeness (QED) is 0.449. The molecule has 2 aromatic heterocycles. The van der Waals surface area contributed by atoms with Crippen molar-refractivity contribution >= 4 is 29.2 Å². The van der Waals surface area contributed by atoms with Crippen molar-refractivity contribution in [3.63, 3.8) is 0 Å². The molecule has 34 heavy (non-hydrogen) atoms. The van der Waals surface area contributed by atoms with E-state index in [4.69, 9.17) is 0 Å². The Labute approximate surface area is 197 Å². The van der Waals surface area contributed by atoms with Gasteiger partial charge < -0.3 is 15.5 Å².